The second-order valence-corrected chi connectivity index (χ2v) is 4.14. The van der Waals surface area contributed by atoms with E-state index in [9.17, 15) is 9.59 Å². The molecule has 0 saturated heterocycles. The summed E-state index contributed by atoms with van der Waals surface area (Å²) in [5.41, 5.74) is 6.50. The Balaban J connectivity index is 2.57. The lowest BCUT2D eigenvalue weighted by Gasteiger charge is -2.12. The van der Waals surface area contributed by atoms with E-state index in [-0.39, 0.29) is 30.9 Å². The van der Waals surface area contributed by atoms with Crippen molar-refractivity contribution in [3.63, 3.8) is 0 Å². The quantitative estimate of drug-likeness (QED) is 0.731. The number of nitrogens with two attached hydrogens (primary N) is 1. The molecule has 0 spiro atoms. The number of ether oxygens (including phenoxy) is 2. The Morgan fingerprint density at radius 1 is 1.30 bits per heavy atom. The summed E-state index contributed by atoms with van der Waals surface area (Å²) in [4.78, 5) is 23.2. The molecule has 1 aromatic carbocycles. The molecular formula is C14H20N2O4. The molecular weight excluding hydrogens is 260 g/mol. The first-order chi connectivity index (χ1) is 9.60. The third-order valence-electron chi connectivity index (χ3n) is 2.69. The van der Waals surface area contributed by atoms with Crippen molar-refractivity contribution >= 4 is 17.6 Å². The molecule has 0 aliphatic rings. The van der Waals surface area contributed by atoms with Crippen molar-refractivity contribution in [1.29, 1.82) is 0 Å². The molecule has 0 bridgehead atoms. The van der Waals surface area contributed by atoms with Gasteiger partial charge in [-0.2, -0.15) is 0 Å². The molecule has 6 nitrogen and oxygen atoms in total. The summed E-state index contributed by atoms with van der Waals surface area (Å²) < 4.78 is 9.91. The van der Waals surface area contributed by atoms with Gasteiger partial charge in [0.1, 0.15) is 0 Å². The average Bonchev–Trinajstić information content (AvgIpc) is 2.45. The Hall–Kier alpha value is -1.92. The van der Waals surface area contributed by atoms with E-state index >= 15 is 0 Å². The molecule has 3 N–H and O–H groups in total. The van der Waals surface area contributed by atoms with Crippen molar-refractivity contribution in [2.75, 3.05) is 25.6 Å². The summed E-state index contributed by atoms with van der Waals surface area (Å²) in [6, 6.07) is 6.50. The largest absolute Gasteiger partial charge is 0.462 e. The van der Waals surface area contributed by atoms with Crippen LogP contribution in [-0.4, -0.2) is 38.2 Å². The molecule has 0 aliphatic heterocycles. The van der Waals surface area contributed by atoms with Gasteiger partial charge in [0.05, 0.1) is 24.7 Å². The molecule has 0 aromatic heterocycles. The Labute approximate surface area is 118 Å². The van der Waals surface area contributed by atoms with E-state index < -0.39 is 0 Å². The molecule has 1 rings (SSSR count). The number of rotatable bonds is 7. The molecule has 1 amide bonds. The van der Waals surface area contributed by atoms with E-state index in [4.69, 9.17) is 15.2 Å². The van der Waals surface area contributed by atoms with Crippen LogP contribution in [0, 0.1) is 0 Å². The van der Waals surface area contributed by atoms with Gasteiger partial charge in [-0.3, -0.25) is 4.79 Å². The molecule has 0 radical (unpaired) electrons. The zero-order valence-electron chi connectivity index (χ0n) is 11.7. The lowest BCUT2D eigenvalue weighted by molar-refractivity contribution is -0.118. The number of carbonyl (C=O) groups excluding carboxylic acids is 2. The molecule has 0 aliphatic carbocycles. The van der Waals surface area contributed by atoms with Gasteiger partial charge in [-0.1, -0.05) is 0 Å². The van der Waals surface area contributed by atoms with E-state index in [1.807, 2.05) is 0 Å². The fourth-order valence-electron chi connectivity index (χ4n) is 1.59. The third kappa shape index (κ3) is 4.99. The first-order valence-electron chi connectivity index (χ1n) is 6.40. The first kappa shape index (κ1) is 16.1. The van der Waals surface area contributed by atoms with Crippen molar-refractivity contribution in [2.45, 2.75) is 19.4 Å². The Kier molecular flexibility index (Phi) is 6.69. The van der Waals surface area contributed by atoms with Crippen LogP contribution >= 0.6 is 0 Å². The fourth-order valence-corrected chi connectivity index (χ4v) is 1.59. The molecule has 0 fully saturated rings. The van der Waals surface area contributed by atoms with Crippen molar-refractivity contribution < 1.29 is 19.1 Å². The van der Waals surface area contributed by atoms with Gasteiger partial charge in [-0.15, -0.1) is 0 Å². The Bertz CT molecular complexity index is 441. The maximum atomic E-state index is 11.7. The van der Waals surface area contributed by atoms with Gasteiger partial charge in [-0.05, 0) is 31.2 Å². The summed E-state index contributed by atoms with van der Waals surface area (Å²) in [7, 11) is 1.51. The minimum absolute atomic E-state index is 0.187. The first-order valence-corrected chi connectivity index (χ1v) is 6.40. The normalized spacial score (nSPS) is 11.8. The smallest absolute Gasteiger partial charge is 0.338 e. The van der Waals surface area contributed by atoms with Gasteiger partial charge in [0.2, 0.25) is 5.91 Å². The number of nitrogens with one attached hydrogen (secondary N) is 1. The second-order valence-electron chi connectivity index (χ2n) is 4.14. The zero-order chi connectivity index (χ0) is 15.0. The minimum Gasteiger partial charge on any atom is -0.462 e. The van der Waals surface area contributed by atoms with Crippen LogP contribution in [0.25, 0.3) is 0 Å². The maximum Gasteiger partial charge on any atom is 0.338 e. The van der Waals surface area contributed by atoms with Gasteiger partial charge in [0, 0.05) is 19.3 Å². The number of amides is 1. The lowest BCUT2D eigenvalue weighted by atomic mass is 10.2. The molecule has 1 atom stereocenters. The monoisotopic (exact) mass is 280 g/mol. The highest BCUT2D eigenvalue weighted by molar-refractivity contribution is 5.93. The number of esters is 1. The van der Waals surface area contributed by atoms with Crippen LogP contribution in [0.15, 0.2) is 24.3 Å². The molecule has 6 heteroatoms. The van der Waals surface area contributed by atoms with Gasteiger partial charge in [0.25, 0.3) is 0 Å². The van der Waals surface area contributed by atoms with Gasteiger partial charge in [-0.25, -0.2) is 4.79 Å². The predicted molar refractivity (Wildman–Crippen MR) is 75.5 cm³/mol. The number of methoxy groups -OCH3 is 1. The molecule has 0 heterocycles. The third-order valence-corrected chi connectivity index (χ3v) is 2.69. The molecule has 0 saturated carbocycles. The van der Waals surface area contributed by atoms with Crippen LogP contribution in [0.5, 0.6) is 0 Å². The summed E-state index contributed by atoms with van der Waals surface area (Å²) in [6.45, 7) is 2.36. The van der Waals surface area contributed by atoms with E-state index in [1.165, 1.54) is 7.11 Å². The van der Waals surface area contributed by atoms with Crippen molar-refractivity contribution in [2.24, 2.45) is 5.73 Å². The molecule has 1 aromatic rings. The summed E-state index contributed by atoms with van der Waals surface area (Å²) in [5, 5.41) is 2.71. The van der Waals surface area contributed by atoms with Crippen molar-refractivity contribution in [3.05, 3.63) is 29.8 Å². The molecule has 110 valence electrons. The van der Waals surface area contributed by atoms with Crippen LogP contribution in [0.4, 0.5) is 5.69 Å². The van der Waals surface area contributed by atoms with Gasteiger partial charge in [0.15, 0.2) is 0 Å². The predicted octanol–water partition coefficient (Wildman–Crippen LogP) is 1.17. The van der Waals surface area contributed by atoms with Gasteiger partial charge < -0.3 is 20.5 Å². The second kappa shape index (κ2) is 8.29. The highest BCUT2D eigenvalue weighted by atomic mass is 16.5. The number of anilines is 1. The Morgan fingerprint density at radius 2 is 1.95 bits per heavy atom. The van der Waals surface area contributed by atoms with Crippen LogP contribution in [0.1, 0.15) is 23.7 Å². The van der Waals surface area contributed by atoms with E-state index in [0.29, 0.717) is 17.9 Å². The fraction of sp³-hybridized carbons (Fsp3) is 0.429. The topological polar surface area (TPSA) is 90.7 Å². The highest BCUT2D eigenvalue weighted by Gasteiger charge is 2.12. The number of carbonyl (C=O) groups is 2. The van der Waals surface area contributed by atoms with E-state index in [2.05, 4.69) is 5.32 Å². The minimum atomic E-state index is -0.382. The van der Waals surface area contributed by atoms with E-state index in [1.54, 1.807) is 31.2 Å². The lowest BCUT2D eigenvalue weighted by Crippen LogP contribution is -2.28. The van der Waals surface area contributed by atoms with Crippen molar-refractivity contribution in [1.82, 2.24) is 0 Å². The maximum absolute atomic E-state index is 11.7. The SMILES string of the molecule is CCOC(=O)c1ccc(NC(=O)CC(CN)OC)cc1. The number of benzene rings is 1. The van der Waals surface area contributed by atoms with Crippen LogP contribution in [0.3, 0.4) is 0 Å². The zero-order valence-corrected chi connectivity index (χ0v) is 11.7. The van der Waals surface area contributed by atoms with Crippen LogP contribution in [0.2, 0.25) is 0 Å². The molecule has 20 heavy (non-hydrogen) atoms. The van der Waals surface area contributed by atoms with E-state index in [0.717, 1.165) is 0 Å². The molecule has 1 unspecified atom stereocenters. The van der Waals surface area contributed by atoms with Gasteiger partial charge >= 0.3 is 5.97 Å². The summed E-state index contributed by atoms with van der Waals surface area (Å²) in [5.74, 6) is -0.570. The standard InChI is InChI=1S/C14H20N2O4/c1-3-20-14(18)10-4-6-11(7-5-10)16-13(17)8-12(9-15)19-2/h4-7,12H,3,8-9,15H2,1-2H3,(H,16,17). The average molecular weight is 280 g/mol. The number of hydrogen-bond donors (Lipinski definition) is 2. The summed E-state index contributed by atoms with van der Waals surface area (Å²) in [6.07, 6.45) is -0.110. The Morgan fingerprint density at radius 3 is 2.45 bits per heavy atom. The van der Waals surface area contributed by atoms with Crippen LogP contribution in [-0.2, 0) is 14.3 Å². The van der Waals surface area contributed by atoms with Crippen molar-refractivity contribution in [3.8, 4) is 0 Å². The number of hydrogen-bond acceptors (Lipinski definition) is 5. The highest BCUT2D eigenvalue weighted by Crippen LogP contribution is 2.11. The van der Waals surface area contributed by atoms with Crippen LogP contribution < -0.4 is 11.1 Å². The summed E-state index contributed by atoms with van der Waals surface area (Å²) >= 11 is 0.